The van der Waals surface area contributed by atoms with Gasteiger partial charge in [0.05, 0.1) is 12.1 Å². The van der Waals surface area contributed by atoms with Crippen LogP contribution in [0.25, 0.3) is 0 Å². The molecule has 1 amide bonds. The molecular weight excluding hydrogens is 368 g/mol. The van der Waals surface area contributed by atoms with E-state index in [0.717, 1.165) is 43.3 Å². The fourth-order valence-electron chi connectivity index (χ4n) is 3.53. The van der Waals surface area contributed by atoms with E-state index in [-0.39, 0.29) is 5.91 Å². The van der Waals surface area contributed by atoms with Gasteiger partial charge in [-0.25, -0.2) is 0 Å². The van der Waals surface area contributed by atoms with Gasteiger partial charge in [-0.1, -0.05) is 26.0 Å². The summed E-state index contributed by atoms with van der Waals surface area (Å²) in [5.74, 6) is 1.77. The van der Waals surface area contributed by atoms with Gasteiger partial charge in [-0.05, 0) is 42.7 Å². The molecule has 6 heteroatoms. The molecule has 0 spiro atoms. The molecule has 148 valence electrons. The number of nitrogens with zero attached hydrogens (tertiary/aromatic N) is 4. The van der Waals surface area contributed by atoms with Gasteiger partial charge in [-0.15, -0.1) is 16.9 Å². The van der Waals surface area contributed by atoms with Gasteiger partial charge < -0.3 is 9.80 Å². The van der Waals surface area contributed by atoms with Crippen molar-refractivity contribution in [3.8, 4) is 0 Å². The zero-order valence-corrected chi connectivity index (χ0v) is 17.5. The van der Waals surface area contributed by atoms with Crippen LogP contribution in [0.4, 0.5) is 5.82 Å². The summed E-state index contributed by atoms with van der Waals surface area (Å²) in [6.45, 7) is 7.49. The Hall–Kier alpha value is -2.08. The summed E-state index contributed by atoms with van der Waals surface area (Å²) in [7, 11) is 0. The maximum Gasteiger partial charge on any atom is 0.227 e. The molecule has 1 saturated carbocycles. The normalized spacial score (nSPS) is 17.2. The summed E-state index contributed by atoms with van der Waals surface area (Å²) in [6, 6.07) is 12.6. The lowest BCUT2D eigenvalue weighted by molar-refractivity contribution is -0.130. The molecule has 28 heavy (non-hydrogen) atoms. The maximum absolute atomic E-state index is 12.7. The molecule has 2 aliphatic rings. The van der Waals surface area contributed by atoms with Crippen LogP contribution in [0.1, 0.15) is 43.9 Å². The van der Waals surface area contributed by atoms with Crippen LogP contribution >= 0.6 is 11.8 Å². The Morgan fingerprint density at radius 3 is 2.32 bits per heavy atom. The predicted octanol–water partition coefficient (Wildman–Crippen LogP) is 3.75. The van der Waals surface area contributed by atoms with E-state index in [0.29, 0.717) is 17.6 Å². The van der Waals surface area contributed by atoms with Gasteiger partial charge in [0, 0.05) is 42.2 Å². The third kappa shape index (κ3) is 4.85. The Morgan fingerprint density at radius 1 is 1.04 bits per heavy atom. The van der Waals surface area contributed by atoms with Gasteiger partial charge in [-0.3, -0.25) is 4.79 Å². The lowest BCUT2D eigenvalue weighted by Crippen LogP contribution is -2.49. The number of hydrogen-bond donors (Lipinski definition) is 0. The molecule has 2 aromatic rings. The second-order valence-electron chi connectivity index (χ2n) is 7.95. The monoisotopic (exact) mass is 396 g/mol. The minimum atomic E-state index is 0.207. The molecule has 1 aliphatic carbocycles. The van der Waals surface area contributed by atoms with Crippen LogP contribution < -0.4 is 4.90 Å². The highest BCUT2D eigenvalue weighted by Crippen LogP contribution is 2.38. The van der Waals surface area contributed by atoms with Gasteiger partial charge in [0.25, 0.3) is 0 Å². The first kappa shape index (κ1) is 19.2. The Labute approximate surface area is 171 Å². The number of aromatic nitrogens is 2. The molecule has 1 aromatic heterocycles. The Kier molecular flexibility index (Phi) is 5.85. The van der Waals surface area contributed by atoms with Crippen LogP contribution in [0.5, 0.6) is 0 Å². The van der Waals surface area contributed by atoms with Crippen LogP contribution in [0.3, 0.4) is 0 Å². The number of benzene rings is 1. The second-order valence-corrected chi connectivity index (χ2v) is 9.60. The molecule has 0 atom stereocenters. The van der Waals surface area contributed by atoms with E-state index in [1.54, 1.807) is 0 Å². The van der Waals surface area contributed by atoms with Crippen LogP contribution in [0.2, 0.25) is 0 Å². The Morgan fingerprint density at radius 2 is 1.75 bits per heavy atom. The number of hydrogen-bond acceptors (Lipinski definition) is 5. The van der Waals surface area contributed by atoms with E-state index in [1.807, 2.05) is 16.7 Å². The summed E-state index contributed by atoms with van der Waals surface area (Å²) in [4.78, 5) is 18.1. The lowest BCUT2D eigenvalue weighted by Gasteiger charge is -2.35. The SMILES string of the molecule is CC(C)Sc1ccc(CC(=O)N2CCN(c3ccc(C4CC4)nn3)CC2)cc1. The topological polar surface area (TPSA) is 49.3 Å². The third-order valence-electron chi connectivity index (χ3n) is 5.27. The summed E-state index contributed by atoms with van der Waals surface area (Å²) in [5.41, 5.74) is 2.21. The molecule has 1 aliphatic heterocycles. The molecule has 2 heterocycles. The van der Waals surface area contributed by atoms with Crippen LogP contribution in [0.15, 0.2) is 41.3 Å². The van der Waals surface area contributed by atoms with Crippen molar-refractivity contribution in [3.05, 3.63) is 47.7 Å². The fourth-order valence-corrected chi connectivity index (χ4v) is 4.37. The van der Waals surface area contributed by atoms with E-state index in [4.69, 9.17) is 0 Å². The molecule has 0 unspecified atom stereocenters. The fraction of sp³-hybridized carbons (Fsp3) is 0.500. The smallest absolute Gasteiger partial charge is 0.227 e. The first-order valence-corrected chi connectivity index (χ1v) is 11.1. The molecule has 1 saturated heterocycles. The number of rotatable bonds is 6. The quantitative estimate of drug-likeness (QED) is 0.696. The van der Waals surface area contributed by atoms with Gasteiger partial charge in [0.1, 0.15) is 0 Å². The highest BCUT2D eigenvalue weighted by atomic mass is 32.2. The number of amides is 1. The maximum atomic E-state index is 12.7. The van der Waals surface area contributed by atoms with Crippen molar-refractivity contribution >= 4 is 23.5 Å². The third-order valence-corrected chi connectivity index (χ3v) is 6.29. The number of piperazine rings is 1. The van der Waals surface area contributed by atoms with Gasteiger partial charge in [-0.2, -0.15) is 5.10 Å². The minimum absolute atomic E-state index is 0.207. The van der Waals surface area contributed by atoms with Crippen molar-refractivity contribution in [2.45, 2.75) is 49.2 Å². The number of carbonyl (C=O) groups excluding carboxylic acids is 1. The van der Waals surface area contributed by atoms with E-state index in [1.165, 1.54) is 17.7 Å². The Balaban J connectivity index is 1.27. The molecule has 2 fully saturated rings. The average molecular weight is 397 g/mol. The first-order valence-electron chi connectivity index (χ1n) is 10.2. The highest BCUT2D eigenvalue weighted by molar-refractivity contribution is 7.99. The molecule has 0 bridgehead atoms. The van der Waals surface area contributed by atoms with Gasteiger partial charge in [0.2, 0.25) is 5.91 Å². The number of carbonyl (C=O) groups is 1. The minimum Gasteiger partial charge on any atom is -0.352 e. The zero-order chi connectivity index (χ0) is 19.5. The van der Waals surface area contributed by atoms with Gasteiger partial charge in [0.15, 0.2) is 5.82 Å². The van der Waals surface area contributed by atoms with Crippen molar-refractivity contribution in [3.63, 3.8) is 0 Å². The first-order chi connectivity index (χ1) is 13.6. The number of anilines is 1. The lowest BCUT2D eigenvalue weighted by atomic mass is 10.1. The standard InChI is InChI=1S/C22H28N4OS/c1-16(2)28-19-7-3-17(4-8-19)15-22(27)26-13-11-25(12-14-26)21-10-9-20(23-24-21)18-5-6-18/h3-4,7-10,16,18H,5-6,11-15H2,1-2H3. The molecule has 4 rings (SSSR count). The van der Waals surface area contributed by atoms with Crippen molar-refractivity contribution in [2.75, 3.05) is 31.1 Å². The summed E-state index contributed by atoms with van der Waals surface area (Å²) < 4.78 is 0. The molecule has 0 N–H and O–H groups in total. The largest absolute Gasteiger partial charge is 0.352 e. The molecule has 0 radical (unpaired) electrons. The average Bonchev–Trinajstić information content (AvgIpc) is 3.55. The summed E-state index contributed by atoms with van der Waals surface area (Å²) in [5, 5.41) is 9.35. The van der Waals surface area contributed by atoms with Crippen molar-refractivity contribution in [2.24, 2.45) is 0 Å². The molecular formula is C22H28N4OS. The van der Waals surface area contributed by atoms with Crippen molar-refractivity contribution < 1.29 is 4.79 Å². The van der Waals surface area contributed by atoms with Crippen molar-refractivity contribution in [1.29, 1.82) is 0 Å². The van der Waals surface area contributed by atoms with E-state index in [2.05, 4.69) is 65.3 Å². The van der Waals surface area contributed by atoms with Crippen LogP contribution in [-0.2, 0) is 11.2 Å². The van der Waals surface area contributed by atoms with Crippen LogP contribution in [0, 0.1) is 0 Å². The van der Waals surface area contributed by atoms with Crippen molar-refractivity contribution in [1.82, 2.24) is 15.1 Å². The van der Waals surface area contributed by atoms with E-state index >= 15 is 0 Å². The van der Waals surface area contributed by atoms with Crippen LogP contribution in [-0.4, -0.2) is 52.4 Å². The molecule has 1 aromatic carbocycles. The van der Waals surface area contributed by atoms with E-state index < -0.39 is 0 Å². The second kappa shape index (κ2) is 8.52. The predicted molar refractivity (Wildman–Crippen MR) is 114 cm³/mol. The number of thioether (sulfide) groups is 1. The van der Waals surface area contributed by atoms with E-state index in [9.17, 15) is 4.79 Å². The Bertz CT molecular complexity index is 794. The summed E-state index contributed by atoms with van der Waals surface area (Å²) >= 11 is 1.85. The highest BCUT2D eigenvalue weighted by Gasteiger charge is 2.26. The van der Waals surface area contributed by atoms with Gasteiger partial charge >= 0.3 is 0 Å². The zero-order valence-electron chi connectivity index (χ0n) is 16.7. The molecule has 5 nitrogen and oxygen atoms in total. The summed E-state index contributed by atoms with van der Waals surface area (Å²) in [6.07, 6.45) is 2.96.